The summed E-state index contributed by atoms with van der Waals surface area (Å²) in [5.74, 6) is 0.107. The van der Waals surface area contributed by atoms with Crippen LogP contribution in [-0.2, 0) is 4.79 Å². The van der Waals surface area contributed by atoms with Crippen LogP contribution < -0.4 is 5.73 Å². The number of piperidine rings is 1. The molecule has 3 atom stereocenters. The van der Waals surface area contributed by atoms with Crippen molar-refractivity contribution in [3.05, 3.63) is 0 Å². The van der Waals surface area contributed by atoms with Gasteiger partial charge in [-0.15, -0.1) is 0 Å². The molecule has 15 heavy (non-hydrogen) atoms. The first kappa shape index (κ1) is 10.9. The molecule has 0 spiro atoms. The summed E-state index contributed by atoms with van der Waals surface area (Å²) in [5, 5.41) is 4.14. The molecule has 3 unspecified atom stereocenters. The molecule has 0 aromatic carbocycles. The summed E-state index contributed by atoms with van der Waals surface area (Å²) < 4.78 is 0. The lowest BCUT2D eigenvalue weighted by molar-refractivity contribution is -0.156. The van der Waals surface area contributed by atoms with Gasteiger partial charge in [-0.05, 0) is 33.1 Å². The van der Waals surface area contributed by atoms with Crippen molar-refractivity contribution in [2.75, 3.05) is 6.54 Å². The standard InChI is InChI=1S/C11H21N3O/c1-8-4-3-5-9(2)14(8)13-7-6-10(12)11(13)15/h8-10H,3-7,12H2,1-2H3. The maximum Gasteiger partial charge on any atom is 0.253 e. The van der Waals surface area contributed by atoms with Crippen LogP contribution in [0, 0.1) is 0 Å². The van der Waals surface area contributed by atoms with Crippen molar-refractivity contribution in [1.82, 2.24) is 10.0 Å². The Labute approximate surface area is 91.4 Å². The van der Waals surface area contributed by atoms with Gasteiger partial charge in [-0.1, -0.05) is 6.42 Å². The Balaban J connectivity index is 2.11. The van der Waals surface area contributed by atoms with Crippen LogP contribution in [0.1, 0.15) is 39.5 Å². The van der Waals surface area contributed by atoms with E-state index in [0.717, 1.165) is 13.0 Å². The number of amides is 1. The molecule has 0 aliphatic carbocycles. The SMILES string of the molecule is CC1CCCC(C)N1N1CCC(N)C1=O. The van der Waals surface area contributed by atoms with Crippen LogP contribution in [0.2, 0.25) is 0 Å². The minimum Gasteiger partial charge on any atom is -0.320 e. The lowest BCUT2D eigenvalue weighted by Gasteiger charge is -2.44. The predicted octanol–water partition coefficient (Wildman–Crippen LogP) is 0.724. The van der Waals surface area contributed by atoms with E-state index in [-0.39, 0.29) is 11.9 Å². The van der Waals surface area contributed by atoms with Crippen LogP contribution in [0.5, 0.6) is 0 Å². The molecule has 0 radical (unpaired) electrons. The number of hydrogen-bond donors (Lipinski definition) is 1. The summed E-state index contributed by atoms with van der Waals surface area (Å²) in [7, 11) is 0. The number of hydrazine groups is 1. The fourth-order valence-electron chi connectivity index (χ4n) is 2.80. The summed E-state index contributed by atoms with van der Waals surface area (Å²) in [6, 6.07) is 0.678. The topological polar surface area (TPSA) is 49.6 Å². The van der Waals surface area contributed by atoms with Gasteiger partial charge in [-0.3, -0.25) is 9.80 Å². The van der Waals surface area contributed by atoms with E-state index in [4.69, 9.17) is 5.73 Å². The van der Waals surface area contributed by atoms with Crippen molar-refractivity contribution in [2.24, 2.45) is 5.73 Å². The first-order valence-corrected chi connectivity index (χ1v) is 5.96. The van der Waals surface area contributed by atoms with Crippen LogP contribution >= 0.6 is 0 Å². The maximum atomic E-state index is 11.9. The molecule has 4 heteroatoms. The first-order chi connectivity index (χ1) is 7.11. The second kappa shape index (κ2) is 4.10. The third-order valence-corrected chi connectivity index (χ3v) is 3.65. The molecule has 1 amide bonds. The summed E-state index contributed by atoms with van der Waals surface area (Å²) in [4.78, 5) is 11.9. The molecule has 2 saturated heterocycles. The number of nitrogens with zero attached hydrogens (tertiary/aromatic N) is 2. The van der Waals surface area contributed by atoms with E-state index in [0.29, 0.717) is 12.1 Å². The molecule has 2 N–H and O–H groups in total. The second-order valence-corrected chi connectivity index (χ2v) is 4.87. The normalized spacial score (nSPS) is 38.7. The lowest BCUT2D eigenvalue weighted by atomic mass is 9.99. The fraction of sp³-hybridized carbons (Fsp3) is 0.909. The van der Waals surface area contributed by atoms with E-state index in [1.54, 1.807) is 0 Å². The molecular weight excluding hydrogens is 190 g/mol. The van der Waals surface area contributed by atoms with E-state index in [1.165, 1.54) is 19.3 Å². The summed E-state index contributed by atoms with van der Waals surface area (Å²) in [5.41, 5.74) is 5.75. The van der Waals surface area contributed by atoms with E-state index in [9.17, 15) is 4.79 Å². The van der Waals surface area contributed by atoms with E-state index >= 15 is 0 Å². The van der Waals surface area contributed by atoms with Crippen LogP contribution in [0.3, 0.4) is 0 Å². The smallest absolute Gasteiger partial charge is 0.253 e. The summed E-state index contributed by atoms with van der Waals surface area (Å²) in [6.45, 7) is 5.20. The van der Waals surface area contributed by atoms with Gasteiger partial charge in [-0.25, -0.2) is 5.01 Å². The van der Waals surface area contributed by atoms with E-state index in [1.807, 2.05) is 5.01 Å². The van der Waals surface area contributed by atoms with E-state index in [2.05, 4.69) is 18.9 Å². The van der Waals surface area contributed by atoms with Crippen molar-refractivity contribution in [3.8, 4) is 0 Å². The molecular formula is C11H21N3O. The number of carbonyl (C=O) groups is 1. The van der Waals surface area contributed by atoms with Crippen molar-refractivity contribution in [2.45, 2.75) is 57.7 Å². The van der Waals surface area contributed by atoms with Gasteiger partial charge in [0.25, 0.3) is 5.91 Å². The summed E-state index contributed by atoms with van der Waals surface area (Å²) in [6.07, 6.45) is 4.44. The molecule has 4 nitrogen and oxygen atoms in total. The number of carbonyl (C=O) groups excluding carboxylic acids is 1. The predicted molar refractivity (Wildman–Crippen MR) is 58.9 cm³/mol. The molecule has 86 valence electrons. The minimum absolute atomic E-state index is 0.107. The van der Waals surface area contributed by atoms with Crippen LogP contribution in [0.4, 0.5) is 0 Å². The van der Waals surface area contributed by atoms with Gasteiger partial charge in [0.1, 0.15) is 0 Å². The molecule has 2 aliphatic heterocycles. The number of nitrogens with two attached hydrogens (primary N) is 1. The zero-order chi connectivity index (χ0) is 11.0. The van der Waals surface area contributed by atoms with Crippen LogP contribution in [0.15, 0.2) is 0 Å². The average molecular weight is 211 g/mol. The van der Waals surface area contributed by atoms with Gasteiger partial charge in [0.2, 0.25) is 0 Å². The monoisotopic (exact) mass is 211 g/mol. The second-order valence-electron chi connectivity index (χ2n) is 4.87. The highest BCUT2D eigenvalue weighted by molar-refractivity contribution is 5.83. The average Bonchev–Trinajstić information content (AvgIpc) is 2.49. The van der Waals surface area contributed by atoms with Crippen molar-refractivity contribution < 1.29 is 4.79 Å². The third kappa shape index (κ3) is 1.88. The van der Waals surface area contributed by atoms with Gasteiger partial charge < -0.3 is 5.73 Å². The van der Waals surface area contributed by atoms with Crippen molar-refractivity contribution in [3.63, 3.8) is 0 Å². The first-order valence-electron chi connectivity index (χ1n) is 5.96. The molecule has 2 aliphatic rings. The Morgan fingerprint density at radius 2 is 1.80 bits per heavy atom. The van der Waals surface area contributed by atoms with Crippen LogP contribution in [-0.4, -0.2) is 40.6 Å². The molecule has 0 aromatic heterocycles. The number of rotatable bonds is 1. The zero-order valence-electron chi connectivity index (χ0n) is 9.65. The molecule has 0 bridgehead atoms. The molecule has 2 heterocycles. The Morgan fingerprint density at radius 1 is 1.20 bits per heavy atom. The van der Waals surface area contributed by atoms with Gasteiger partial charge in [-0.2, -0.15) is 0 Å². The molecule has 2 rings (SSSR count). The molecule has 0 saturated carbocycles. The summed E-state index contributed by atoms with van der Waals surface area (Å²) >= 11 is 0. The Kier molecular flexibility index (Phi) is 2.98. The third-order valence-electron chi connectivity index (χ3n) is 3.65. The van der Waals surface area contributed by atoms with Crippen molar-refractivity contribution >= 4 is 5.91 Å². The maximum absolute atomic E-state index is 11.9. The highest BCUT2D eigenvalue weighted by Gasteiger charge is 2.38. The molecule has 0 aromatic rings. The van der Waals surface area contributed by atoms with Gasteiger partial charge in [0, 0.05) is 18.6 Å². The molecule has 2 fully saturated rings. The Morgan fingerprint density at radius 3 is 2.27 bits per heavy atom. The lowest BCUT2D eigenvalue weighted by Crippen LogP contribution is -2.56. The minimum atomic E-state index is -0.272. The van der Waals surface area contributed by atoms with E-state index < -0.39 is 0 Å². The number of hydrogen-bond acceptors (Lipinski definition) is 3. The van der Waals surface area contributed by atoms with Gasteiger partial charge >= 0.3 is 0 Å². The van der Waals surface area contributed by atoms with Gasteiger partial charge in [0.15, 0.2) is 0 Å². The highest BCUT2D eigenvalue weighted by Crippen LogP contribution is 2.26. The Hall–Kier alpha value is -0.610. The zero-order valence-corrected chi connectivity index (χ0v) is 9.65. The van der Waals surface area contributed by atoms with Gasteiger partial charge in [0.05, 0.1) is 6.04 Å². The van der Waals surface area contributed by atoms with Crippen molar-refractivity contribution in [1.29, 1.82) is 0 Å². The largest absolute Gasteiger partial charge is 0.320 e. The quantitative estimate of drug-likeness (QED) is 0.695. The Bertz CT molecular complexity index is 246. The highest BCUT2D eigenvalue weighted by atomic mass is 16.2. The van der Waals surface area contributed by atoms with Crippen LogP contribution in [0.25, 0.3) is 0 Å². The fourth-order valence-corrected chi connectivity index (χ4v) is 2.80.